The van der Waals surface area contributed by atoms with Crippen LogP contribution in [0.15, 0.2) is 36.4 Å². The maximum absolute atomic E-state index is 6.08. The molecule has 0 aliphatic carbocycles. The van der Waals surface area contributed by atoms with E-state index in [0.717, 1.165) is 23.6 Å². The summed E-state index contributed by atoms with van der Waals surface area (Å²) in [5.41, 5.74) is 1.86. The third kappa shape index (κ3) is 3.01. The highest BCUT2D eigenvalue weighted by molar-refractivity contribution is 5.59. The number of methoxy groups -OCH3 is 1. The Morgan fingerprint density at radius 2 is 1.78 bits per heavy atom. The van der Waals surface area contributed by atoms with Crippen molar-refractivity contribution in [3.63, 3.8) is 0 Å². The van der Waals surface area contributed by atoms with Crippen LogP contribution in [0, 0.1) is 5.92 Å². The lowest BCUT2D eigenvalue weighted by atomic mass is 9.86. The van der Waals surface area contributed by atoms with Gasteiger partial charge in [0.1, 0.15) is 11.9 Å². The monoisotopic (exact) mass is 311 g/mol. The minimum atomic E-state index is 0.263. The van der Waals surface area contributed by atoms with Crippen LogP contribution in [-0.4, -0.2) is 47.9 Å². The summed E-state index contributed by atoms with van der Waals surface area (Å²) in [5, 5.41) is 8.56. The van der Waals surface area contributed by atoms with Gasteiger partial charge in [-0.25, -0.2) is 0 Å². The van der Waals surface area contributed by atoms with Crippen LogP contribution < -0.4 is 9.47 Å². The number of nitrogens with zero attached hydrogens (tertiary/aromatic N) is 3. The second kappa shape index (κ2) is 6.16. The quantitative estimate of drug-likeness (QED) is 0.868. The van der Waals surface area contributed by atoms with Crippen molar-refractivity contribution in [1.82, 2.24) is 15.1 Å². The SMILES string of the molecule is COc1ccc(-c2ccc(OC3CN4CCC3CC4)nn2)cc1. The molecule has 0 spiro atoms. The Labute approximate surface area is 136 Å². The summed E-state index contributed by atoms with van der Waals surface area (Å²) in [5.74, 6) is 2.13. The smallest absolute Gasteiger partial charge is 0.233 e. The molecule has 2 aromatic rings. The zero-order valence-electron chi connectivity index (χ0n) is 13.3. The lowest BCUT2D eigenvalue weighted by Crippen LogP contribution is -2.52. The maximum atomic E-state index is 6.08. The fourth-order valence-electron chi connectivity index (χ4n) is 3.50. The summed E-state index contributed by atoms with van der Waals surface area (Å²) >= 11 is 0. The van der Waals surface area contributed by atoms with Crippen molar-refractivity contribution in [1.29, 1.82) is 0 Å². The van der Waals surface area contributed by atoms with E-state index in [2.05, 4.69) is 15.1 Å². The molecule has 5 heteroatoms. The molecule has 23 heavy (non-hydrogen) atoms. The Morgan fingerprint density at radius 1 is 1.00 bits per heavy atom. The molecule has 3 saturated heterocycles. The number of ether oxygens (including phenoxy) is 2. The van der Waals surface area contributed by atoms with Gasteiger partial charge in [0.15, 0.2) is 0 Å². The van der Waals surface area contributed by atoms with E-state index in [9.17, 15) is 0 Å². The van der Waals surface area contributed by atoms with Crippen molar-refractivity contribution in [2.75, 3.05) is 26.7 Å². The number of rotatable bonds is 4. The standard InChI is InChI=1S/C18H21N3O2/c1-22-15-4-2-13(3-5-15)16-6-7-18(20-19-16)23-17-12-21-10-8-14(17)9-11-21/h2-7,14,17H,8-12H2,1H3. The summed E-state index contributed by atoms with van der Waals surface area (Å²) in [6, 6.07) is 11.7. The van der Waals surface area contributed by atoms with Crippen molar-refractivity contribution < 1.29 is 9.47 Å². The topological polar surface area (TPSA) is 47.5 Å². The van der Waals surface area contributed by atoms with Gasteiger partial charge < -0.3 is 9.47 Å². The highest BCUT2D eigenvalue weighted by atomic mass is 16.5. The van der Waals surface area contributed by atoms with Gasteiger partial charge in [-0.3, -0.25) is 4.90 Å². The number of aromatic nitrogens is 2. The first kappa shape index (κ1) is 14.5. The molecule has 120 valence electrons. The van der Waals surface area contributed by atoms with E-state index < -0.39 is 0 Å². The van der Waals surface area contributed by atoms with Crippen LogP contribution in [0.4, 0.5) is 0 Å². The van der Waals surface area contributed by atoms with Crippen LogP contribution in [0.25, 0.3) is 11.3 Å². The second-order valence-electron chi connectivity index (χ2n) is 6.28. The third-order valence-corrected chi connectivity index (χ3v) is 4.89. The van der Waals surface area contributed by atoms with Gasteiger partial charge >= 0.3 is 0 Å². The van der Waals surface area contributed by atoms with Crippen molar-refractivity contribution in [2.24, 2.45) is 5.92 Å². The van der Waals surface area contributed by atoms with Gasteiger partial charge in [-0.15, -0.1) is 10.2 Å². The Morgan fingerprint density at radius 3 is 2.35 bits per heavy atom. The van der Waals surface area contributed by atoms with Crippen LogP contribution in [0.1, 0.15) is 12.8 Å². The number of benzene rings is 1. The second-order valence-corrected chi connectivity index (χ2v) is 6.28. The predicted molar refractivity (Wildman–Crippen MR) is 87.6 cm³/mol. The average Bonchev–Trinajstić information content (AvgIpc) is 2.63. The van der Waals surface area contributed by atoms with Gasteiger partial charge in [0, 0.05) is 18.2 Å². The summed E-state index contributed by atoms with van der Waals surface area (Å²) in [6.45, 7) is 3.45. The molecule has 1 atom stereocenters. The van der Waals surface area contributed by atoms with E-state index in [0.29, 0.717) is 11.8 Å². The minimum Gasteiger partial charge on any atom is -0.497 e. The van der Waals surface area contributed by atoms with E-state index in [-0.39, 0.29) is 6.10 Å². The van der Waals surface area contributed by atoms with Crippen molar-refractivity contribution in [2.45, 2.75) is 18.9 Å². The summed E-state index contributed by atoms with van der Waals surface area (Å²) < 4.78 is 11.3. The van der Waals surface area contributed by atoms with Crippen molar-refractivity contribution in [3.05, 3.63) is 36.4 Å². The molecule has 5 nitrogen and oxygen atoms in total. The van der Waals surface area contributed by atoms with Gasteiger partial charge in [-0.05, 0) is 62.2 Å². The molecule has 0 saturated carbocycles. The molecule has 3 fully saturated rings. The van der Waals surface area contributed by atoms with Crippen LogP contribution in [0.2, 0.25) is 0 Å². The van der Waals surface area contributed by atoms with Gasteiger partial charge in [0.05, 0.1) is 12.8 Å². The van der Waals surface area contributed by atoms with Gasteiger partial charge in [0.25, 0.3) is 0 Å². The molecule has 3 aliphatic heterocycles. The largest absolute Gasteiger partial charge is 0.497 e. The van der Waals surface area contributed by atoms with E-state index >= 15 is 0 Å². The Kier molecular flexibility index (Phi) is 3.87. The van der Waals surface area contributed by atoms with Crippen LogP contribution in [0.5, 0.6) is 11.6 Å². The van der Waals surface area contributed by atoms with Crippen molar-refractivity contribution in [3.8, 4) is 22.9 Å². The molecule has 5 rings (SSSR count). The number of fused-ring (bicyclic) bond motifs is 3. The van der Waals surface area contributed by atoms with Crippen molar-refractivity contribution >= 4 is 0 Å². The molecule has 0 amide bonds. The Hall–Kier alpha value is -2.14. The molecule has 1 aromatic carbocycles. The lowest BCUT2D eigenvalue weighted by Gasteiger charge is -2.44. The Bertz CT molecular complexity index is 649. The van der Waals surface area contributed by atoms with E-state index in [1.54, 1.807) is 7.11 Å². The molecular formula is C18H21N3O2. The summed E-state index contributed by atoms with van der Waals surface area (Å²) in [6.07, 6.45) is 2.74. The first-order valence-electron chi connectivity index (χ1n) is 8.19. The van der Waals surface area contributed by atoms with Crippen LogP contribution >= 0.6 is 0 Å². The third-order valence-electron chi connectivity index (χ3n) is 4.89. The van der Waals surface area contributed by atoms with Crippen LogP contribution in [-0.2, 0) is 0 Å². The van der Waals surface area contributed by atoms with Gasteiger partial charge in [-0.2, -0.15) is 0 Å². The molecule has 1 unspecified atom stereocenters. The number of hydrogen-bond acceptors (Lipinski definition) is 5. The zero-order valence-corrected chi connectivity index (χ0v) is 13.3. The normalized spacial score (nSPS) is 26.0. The van der Waals surface area contributed by atoms with E-state index in [1.807, 2.05) is 36.4 Å². The highest BCUT2D eigenvalue weighted by Crippen LogP contribution is 2.30. The summed E-state index contributed by atoms with van der Waals surface area (Å²) in [4.78, 5) is 2.48. The first-order valence-corrected chi connectivity index (χ1v) is 8.19. The molecule has 4 heterocycles. The number of hydrogen-bond donors (Lipinski definition) is 0. The molecule has 2 bridgehead atoms. The van der Waals surface area contributed by atoms with E-state index in [1.165, 1.54) is 25.9 Å². The average molecular weight is 311 g/mol. The Balaban J connectivity index is 1.45. The molecule has 0 radical (unpaired) electrons. The lowest BCUT2D eigenvalue weighted by molar-refractivity contribution is -0.0103. The fourth-order valence-corrected chi connectivity index (χ4v) is 3.50. The molecule has 0 N–H and O–H groups in total. The summed E-state index contributed by atoms with van der Waals surface area (Å²) in [7, 11) is 1.66. The molecular weight excluding hydrogens is 290 g/mol. The zero-order chi connectivity index (χ0) is 15.6. The molecule has 1 aromatic heterocycles. The maximum Gasteiger partial charge on any atom is 0.233 e. The van der Waals surface area contributed by atoms with E-state index in [4.69, 9.17) is 9.47 Å². The highest BCUT2D eigenvalue weighted by Gasteiger charge is 2.35. The van der Waals surface area contributed by atoms with Crippen LogP contribution in [0.3, 0.4) is 0 Å². The first-order chi connectivity index (χ1) is 11.3. The van der Waals surface area contributed by atoms with Gasteiger partial charge in [-0.1, -0.05) is 0 Å². The number of piperidine rings is 3. The fraction of sp³-hybridized carbons (Fsp3) is 0.444. The predicted octanol–water partition coefficient (Wildman–Crippen LogP) is 2.63. The molecule has 3 aliphatic rings. The van der Waals surface area contributed by atoms with Gasteiger partial charge in [0.2, 0.25) is 5.88 Å². The minimum absolute atomic E-state index is 0.263.